The Morgan fingerprint density at radius 3 is 2.52 bits per heavy atom. The van der Waals surface area contributed by atoms with Gasteiger partial charge in [0.05, 0.1) is 6.10 Å². The fourth-order valence-electron chi connectivity index (χ4n) is 2.80. The van der Waals surface area contributed by atoms with E-state index in [0.29, 0.717) is 6.10 Å². The first-order chi connectivity index (χ1) is 11.7. The molecule has 25 heavy (non-hydrogen) atoms. The van der Waals surface area contributed by atoms with Crippen molar-refractivity contribution in [3.05, 3.63) is 34.3 Å². The van der Waals surface area contributed by atoms with Crippen LogP contribution in [0.1, 0.15) is 24.8 Å². The molecule has 0 unspecified atom stereocenters. The third kappa shape index (κ3) is 8.23. The van der Waals surface area contributed by atoms with Crippen molar-refractivity contribution in [3.63, 3.8) is 0 Å². The number of nitrogens with one attached hydrogen (secondary N) is 1. The summed E-state index contributed by atoms with van der Waals surface area (Å²) in [6.45, 7) is 4.30. The SMILES string of the molecule is CN=C(NCc1ccc(Br)cc1)N1CCC(OCCCOC)CC1.I. The standard InChI is InChI=1S/C18H28BrN3O2.HI/c1-20-18(21-14-15-4-6-16(19)7-5-15)22-10-8-17(9-11-22)24-13-3-12-23-2;/h4-7,17H,3,8-14H2,1-2H3,(H,20,21);1H. The molecule has 1 N–H and O–H groups in total. The molecule has 1 aromatic rings. The van der Waals surface area contributed by atoms with Gasteiger partial charge in [-0.15, -0.1) is 24.0 Å². The van der Waals surface area contributed by atoms with Crippen molar-refractivity contribution < 1.29 is 9.47 Å². The molecule has 0 amide bonds. The van der Waals surface area contributed by atoms with Crippen molar-refractivity contribution in [2.45, 2.75) is 31.9 Å². The van der Waals surface area contributed by atoms with Gasteiger partial charge in [0, 0.05) is 51.5 Å². The van der Waals surface area contributed by atoms with Gasteiger partial charge in [-0.1, -0.05) is 28.1 Å². The molecule has 0 atom stereocenters. The number of halogens is 2. The van der Waals surface area contributed by atoms with E-state index >= 15 is 0 Å². The van der Waals surface area contributed by atoms with E-state index in [1.807, 2.05) is 7.05 Å². The summed E-state index contributed by atoms with van der Waals surface area (Å²) < 4.78 is 12.1. The van der Waals surface area contributed by atoms with Gasteiger partial charge in [-0.2, -0.15) is 0 Å². The molecule has 1 aromatic carbocycles. The smallest absolute Gasteiger partial charge is 0.193 e. The molecule has 0 aliphatic carbocycles. The Bertz CT molecular complexity index is 506. The van der Waals surface area contributed by atoms with Gasteiger partial charge in [-0.25, -0.2) is 0 Å². The van der Waals surface area contributed by atoms with Gasteiger partial charge in [-0.3, -0.25) is 4.99 Å². The summed E-state index contributed by atoms with van der Waals surface area (Å²) in [4.78, 5) is 6.73. The molecule has 2 rings (SSSR count). The zero-order valence-electron chi connectivity index (χ0n) is 15.0. The number of piperidine rings is 1. The van der Waals surface area contributed by atoms with Gasteiger partial charge in [0.25, 0.3) is 0 Å². The van der Waals surface area contributed by atoms with Gasteiger partial charge < -0.3 is 19.7 Å². The Balaban J connectivity index is 0.00000312. The number of ether oxygens (including phenoxy) is 2. The highest BCUT2D eigenvalue weighted by Crippen LogP contribution is 2.15. The van der Waals surface area contributed by atoms with E-state index < -0.39 is 0 Å². The summed E-state index contributed by atoms with van der Waals surface area (Å²) in [5.41, 5.74) is 1.25. The molecule has 0 aromatic heterocycles. The van der Waals surface area contributed by atoms with Crippen LogP contribution in [0.3, 0.4) is 0 Å². The lowest BCUT2D eigenvalue weighted by Gasteiger charge is -2.34. The second kappa shape index (κ2) is 12.9. The van der Waals surface area contributed by atoms with Crippen LogP contribution in [0.2, 0.25) is 0 Å². The topological polar surface area (TPSA) is 46.1 Å². The highest BCUT2D eigenvalue weighted by molar-refractivity contribution is 14.0. The maximum Gasteiger partial charge on any atom is 0.193 e. The molecule has 1 saturated heterocycles. The van der Waals surface area contributed by atoms with Crippen LogP contribution in [-0.4, -0.2) is 57.4 Å². The van der Waals surface area contributed by atoms with Crippen LogP contribution >= 0.6 is 39.9 Å². The summed E-state index contributed by atoms with van der Waals surface area (Å²) in [5, 5.41) is 3.45. The molecule has 1 aliphatic heterocycles. The van der Waals surface area contributed by atoms with Crippen molar-refractivity contribution in [2.24, 2.45) is 4.99 Å². The van der Waals surface area contributed by atoms with E-state index in [2.05, 4.69) is 55.4 Å². The summed E-state index contributed by atoms with van der Waals surface area (Å²) in [5.74, 6) is 0.968. The van der Waals surface area contributed by atoms with Crippen LogP contribution in [0, 0.1) is 0 Å². The normalized spacial score (nSPS) is 15.8. The van der Waals surface area contributed by atoms with Gasteiger partial charge in [0.1, 0.15) is 0 Å². The number of aliphatic imine (C=N–C) groups is 1. The van der Waals surface area contributed by atoms with Crippen LogP contribution in [0.25, 0.3) is 0 Å². The molecular formula is C18H29BrIN3O2. The Morgan fingerprint density at radius 2 is 1.92 bits per heavy atom. The molecule has 1 aliphatic rings. The first-order valence-electron chi connectivity index (χ1n) is 8.53. The zero-order valence-corrected chi connectivity index (χ0v) is 19.0. The number of guanidine groups is 1. The molecule has 0 saturated carbocycles. The molecule has 0 bridgehead atoms. The van der Waals surface area contributed by atoms with Gasteiger partial charge in [0.15, 0.2) is 5.96 Å². The molecule has 1 fully saturated rings. The second-order valence-electron chi connectivity index (χ2n) is 5.93. The van der Waals surface area contributed by atoms with E-state index in [0.717, 1.165) is 62.5 Å². The highest BCUT2D eigenvalue weighted by atomic mass is 127. The molecule has 1 heterocycles. The van der Waals surface area contributed by atoms with E-state index in [1.165, 1.54) is 5.56 Å². The van der Waals surface area contributed by atoms with Crippen LogP contribution in [0.4, 0.5) is 0 Å². The maximum absolute atomic E-state index is 5.92. The Labute approximate surface area is 176 Å². The minimum absolute atomic E-state index is 0. The number of likely N-dealkylation sites (tertiary alicyclic amines) is 1. The monoisotopic (exact) mass is 525 g/mol. The highest BCUT2D eigenvalue weighted by Gasteiger charge is 2.21. The average molecular weight is 526 g/mol. The number of hydrogen-bond acceptors (Lipinski definition) is 3. The third-order valence-corrected chi connectivity index (χ3v) is 4.69. The fourth-order valence-corrected chi connectivity index (χ4v) is 3.07. The molecule has 7 heteroatoms. The maximum atomic E-state index is 5.92. The molecule has 0 radical (unpaired) electrons. The molecular weight excluding hydrogens is 497 g/mol. The van der Waals surface area contributed by atoms with Crippen molar-refractivity contribution in [2.75, 3.05) is 40.5 Å². The van der Waals surface area contributed by atoms with Crippen molar-refractivity contribution in [1.82, 2.24) is 10.2 Å². The van der Waals surface area contributed by atoms with Crippen molar-refractivity contribution >= 4 is 45.9 Å². The van der Waals surface area contributed by atoms with Gasteiger partial charge in [0.2, 0.25) is 0 Å². The zero-order chi connectivity index (χ0) is 17.2. The number of benzene rings is 1. The van der Waals surface area contributed by atoms with E-state index in [1.54, 1.807) is 7.11 Å². The quantitative estimate of drug-likeness (QED) is 0.255. The number of rotatable bonds is 7. The average Bonchev–Trinajstić information content (AvgIpc) is 2.62. The largest absolute Gasteiger partial charge is 0.385 e. The third-order valence-electron chi connectivity index (χ3n) is 4.16. The number of hydrogen-bond donors (Lipinski definition) is 1. The Morgan fingerprint density at radius 1 is 1.24 bits per heavy atom. The lowest BCUT2D eigenvalue weighted by atomic mass is 10.1. The molecule has 0 spiro atoms. The van der Waals surface area contributed by atoms with Gasteiger partial charge >= 0.3 is 0 Å². The summed E-state index contributed by atoms with van der Waals surface area (Å²) in [7, 11) is 3.57. The van der Waals surface area contributed by atoms with Crippen LogP contribution in [-0.2, 0) is 16.0 Å². The predicted octanol–water partition coefficient (Wildman–Crippen LogP) is 3.66. The molecule has 5 nitrogen and oxygen atoms in total. The van der Waals surface area contributed by atoms with Crippen LogP contribution < -0.4 is 5.32 Å². The van der Waals surface area contributed by atoms with Crippen molar-refractivity contribution in [3.8, 4) is 0 Å². The summed E-state index contributed by atoms with van der Waals surface area (Å²) in [6.07, 6.45) is 3.42. The first kappa shape index (κ1) is 22.7. The minimum Gasteiger partial charge on any atom is -0.385 e. The van der Waals surface area contributed by atoms with Crippen LogP contribution in [0.15, 0.2) is 33.7 Å². The lowest BCUT2D eigenvalue weighted by molar-refractivity contribution is 0.00990. The number of nitrogens with zero attached hydrogens (tertiary/aromatic N) is 2. The van der Waals surface area contributed by atoms with Crippen LogP contribution in [0.5, 0.6) is 0 Å². The minimum atomic E-state index is 0. The number of methoxy groups -OCH3 is 1. The molecule has 142 valence electrons. The van der Waals surface area contributed by atoms with E-state index in [4.69, 9.17) is 9.47 Å². The second-order valence-corrected chi connectivity index (χ2v) is 6.85. The summed E-state index contributed by atoms with van der Waals surface area (Å²) in [6, 6.07) is 8.35. The fraction of sp³-hybridized carbons (Fsp3) is 0.611. The Kier molecular flexibility index (Phi) is 11.7. The van der Waals surface area contributed by atoms with Gasteiger partial charge in [-0.05, 0) is 37.0 Å². The first-order valence-corrected chi connectivity index (χ1v) is 9.33. The Hall–Kier alpha value is -0.380. The lowest BCUT2D eigenvalue weighted by Crippen LogP contribution is -2.46. The van der Waals surface area contributed by atoms with E-state index in [9.17, 15) is 0 Å². The summed E-state index contributed by atoms with van der Waals surface area (Å²) >= 11 is 3.46. The van der Waals surface area contributed by atoms with E-state index in [-0.39, 0.29) is 24.0 Å². The van der Waals surface area contributed by atoms with Crippen molar-refractivity contribution in [1.29, 1.82) is 0 Å². The predicted molar refractivity (Wildman–Crippen MR) is 117 cm³/mol.